The van der Waals surface area contributed by atoms with Crippen LogP contribution in [0.25, 0.3) is 0 Å². The van der Waals surface area contributed by atoms with Crippen LogP contribution in [0.2, 0.25) is 0 Å². The topological polar surface area (TPSA) is 55.0 Å². The molecule has 20 heavy (non-hydrogen) atoms. The molecular formula is C15H20N4S. The van der Waals surface area contributed by atoms with Crippen LogP contribution in [0.1, 0.15) is 37.7 Å². The molecule has 0 saturated heterocycles. The van der Waals surface area contributed by atoms with Gasteiger partial charge in [-0.25, -0.2) is 4.98 Å². The molecule has 0 unspecified atom stereocenters. The summed E-state index contributed by atoms with van der Waals surface area (Å²) in [5.74, 6) is 0.927. The standard InChI is InChI=1S/C15H20N4S/c1-15(2,3)13-17-14(20-18-13)19-8-7-11-10(9-19)5-4-6-12(11)16/h4-6H,7-9,16H2,1-3H3. The first-order valence-electron chi connectivity index (χ1n) is 6.90. The second kappa shape index (κ2) is 4.74. The van der Waals surface area contributed by atoms with E-state index in [1.54, 1.807) is 0 Å². The van der Waals surface area contributed by atoms with E-state index in [9.17, 15) is 0 Å². The van der Waals surface area contributed by atoms with Gasteiger partial charge < -0.3 is 10.6 Å². The molecule has 0 saturated carbocycles. The van der Waals surface area contributed by atoms with Crippen LogP contribution in [0.15, 0.2) is 18.2 Å². The Hall–Kier alpha value is -1.62. The lowest BCUT2D eigenvalue weighted by Gasteiger charge is -2.29. The molecule has 1 aliphatic rings. The van der Waals surface area contributed by atoms with E-state index in [0.717, 1.165) is 36.2 Å². The van der Waals surface area contributed by atoms with Gasteiger partial charge >= 0.3 is 0 Å². The Morgan fingerprint density at radius 3 is 2.80 bits per heavy atom. The fraction of sp³-hybridized carbons (Fsp3) is 0.467. The average Bonchev–Trinajstić information content (AvgIpc) is 2.88. The number of nitrogens with two attached hydrogens (primary N) is 1. The second-order valence-electron chi connectivity index (χ2n) is 6.31. The number of nitrogens with zero attached hydrogens (tertiary/aromatic N) is 3. The first-order chi connectivity index (χ1) is 9.45. The molecule has 2 aromatic rings. The molecule has 2 N–H and O–H groups in total. The van der Waals surface area contributed by atoms with Crippen LogP contribution < -0.4 is 10.6 Å². The normalized spacial score (nSPS) is 15.2. The van der Waals surface area contributed by atoms with Crippen molar-refractivity contribution in [1.29, 1.82) is 0 Å². The van der Waals surface area contributed by atoms with E-state index >= 15 is 0 Å². The number of rotatable bonds is 1. The molecule has 0 fully saturated rings. The zero-order valence-corrected chi connectivity index (χ0v) is 13.0. The largest absolute Gasteiger partial charge is 0.398 e. The van der Waals surface area contributed by atoms with Crippen LogP contribution in [-0.4, -0.2) is 15.9 Å². The minimum absolute atomic E-state index is 0.00682. The smallest absolute Gasteiger partial charge is 0.205 e. The summed E-state index contributed by atoms with van der Waals surface area (Å²) in [6, 6.07) is 6.17. The molecule has 2 heterocycles. The lowest BCUT2D eigenvalue weighted by atomic mass is 9.96. The van der Waals surface area contributed by atoms with E-state index in [1.807, 2.05) is 12.1 Å². The van der Waals surface area contributed by atoms with E-state index in [2.05, 4.69) is 36.1 Å². The molecule has 1 aliphatic heterocycles. The van der Waals surface area contributed by atoms with Gasteiger partial charge in [-0.2, -0.15) is 4.37 Å². The van der Waals surface area contributed by atoms with Gasteiger partial charge in [0.05, 0.1) is 0 Å². The Morgan fingerprint density at radius 1 is 1.30 bits per heavy atom. The lowest BCUT2D eigenvalue weighted by Crippen LogP contribution is -2.30. The number of aromatic nitrogens is 2. The highest BCUT2D eigenvalue weighted by molar-refractivity contribution is 7.09. The predicted octanol–water partition coefficient (Wildman–Crippen LogP) is 2.98. The molecule has 0 aliphatic carbocycles. The number of hydrogen-bond donors (Lipinski definition) is 1. The number of hydrogen-bond acceptors (Lipinski definition) is 5. The summed E-state index contributed by atoms with van der Waals surface area (Å²) in [5.41, 5.74) is 9.57. The maximum absolute atomic E-state index is 6.04. The lowest BCUT2D eigenvalue weighted by molar-refractivity contribution is 0.553. The third kappa shape index (κ3) is 2.38. The van der Waals surface area contributed by atoms with Gasteiger partial charge in [0.2, 0.25) is 5.13 Å². The van der Waals surface area contributed by atoms with Crippen LogP contribution >= 0.6 is 11.5 Å². The molecule has 5 heteroatoms. The average molecular weight is 288 g/mol. The molecule has 0 amide bonds. The van der Waals surface area contributed by atoms with Crippen molar-refractivity contribution in [2.24, 2.45) is 0 Å². The molecule has 0 atom stereocenters. The third-order valence-corrected chi connectivity index (χ3v) is 4.44. The Morgan fingerprint density at radius 2 is 2.10 bits per heavy atom. The molecule has 1 aromatic carbocycles. The quantitative estimate of drug-likeness (QED) is 0.820. The first-order valence-corrected chi connectivity index (χ1v) is 7.68. The van der Waals surface area contributed by atoms with Crippen LogP contribution in [0.4, 0.5) is 10.8 Å². The fourth-order valence-corrected chi connectivity index (χ4v) is 3.33. The van der Waals surface area contributed by atoms with E-state index < -0.39 is 0 Å². The molecule has 0 radical (unpaired) electrons. The minimum Gasteiger partial charge on any atom is -0.398 e. The SMILES string of the molecule is CC(C)(C)c1nsc(N2CCc3c(N)cccc3C2)n1. The first kappa shape index (κ1) is 13.4. The van der Waals surface area contributed by atoms with Crippen molar-refractivity contribution in [2.45, 2.75) is 39.2 Å². The zero-order chi connectivity index (χ0) is 14.3. The summed E-state index contributed by atoms with van der Waals surface area (Å²) in [6.07, 6.45) is 0.979. The Balaban J connectivity index is 1.85. The van der Waals surface area contributed by atoms with Crippen LogP contribution in [-0.2, 0) is 18.4 Å². The third-order valence-electron chi connectivity index (χ3n) is 3.66. The van der Waals surface area contributed by atoms with Crippen LogP contribution in [0.5, 0.6) is 0 Å². The van der Waals surface area contributed by atoms with Gasteiger partial charge in [-0.15, -0.1) is 0 Å². The molecule has 3 rings (SSSR count). The monoisotopic (exact) mass is 288 g/mol. The number of benzene rings is 1. The van der Waals surface area contributed by atoms with E-state index in [0.29, 0.717) is 0 Å². The Kier molecular flexibility index (Phi) is 3.17. The Labute approximate surface area is 123 Å². The summed E-state index contributed by atoms with van der Waals surface area (Å²) >= 11 is 1.50. The summed E-state index contributed by atoms with van der Waals surface area (Å²) < 4.78 is 4.50. The van der Waals surface area contributed by atoms with Crippen LogP contribution in [0.3, 0.4) is 0 Å². The van der Waals surface area contributed by atoms with Crippen molar-refractivity contribution in [3.8, 4) is 0 Å². The minimum atomic E-state index is 0.00682. The van der Waals surface area contributed by atoms with Gasteiger partial charge in [0.25, 0.3) is 0 Å². The Bertz CT molecular complexity index is 627. The number of nitrogen functional groups attached to an aromatic ring is 1. The van der Waals surface area contributed by atoms with Crippen molar-refractivity contribution in [2.75, 3.05) is 17.2 Å². The maximum Gasteiger partial charge on any atom is 0.205 e. The van der Waals surface area contributed by atoms with Gasteiger partial charge in [-0.1, -0.05) is 32.9 Å². The second-order valence-corrected chi connectivity index (χ2v) is 7.04. The van der Waals surface area contributed by atoms with Crippen molar-refractivity contribution < 1.29 is 0 Å². The van der Waals surface area contributed by atoms with Gasteiger partial charge in [0.1, 0.15) is 5.82 Å². The zero-order valence-electron chi connectivity index (χ0n) is 12.2. The number of fused-ring (bicyclic) bond motifs is 1. The summed E-state index contributed by atoms with van der Waals surface area (Å²) in [5, 5.41) is 1.02. The highest BCUT2D eigenvalue weighted by Gasteiger charge is 2.24. The molecule has 4 nitrogen and oxygen atoms in total. The molecule has 0 spiro atoms. The molecule has 106 valence electrons. The highest BCUT2D eigenvalue weighted by Crippen LogP contribution is 2.30. The summed E-state index contributed by atoms with van der Waals surface area (Å²) in [4.78, 5) is 7.00. The van der Waals surface area contributed by atoms with Crippen LogP contribution in [0, 0.1) is 0 Å². The van der Waals surface area contributed by atoms with Gasteiger partial charge in [-0.05, 0) is 23.6 Å². The van der Waals surface area contributed by atoms with Crippen molar-refractivity contribution >= 4 is 22.4 Å². The fourth-order valence-electron chi connectivity index (χ4n) is 2.45. The van der Waals surface area contributed by atoms with Gasteiger partial charge in [-0.3, -0.25) is 0 Å². The molecule has 0 bridgehead atoms. The highest BCUT2D eigenvalue weighted by atomic mass is 32.1. The van der Waals surface area contributed by atoms with Crippen molar-refractivity contribution in [1.82, 2.24) is 9.36 Å². The molecular weight excluding hydrogens is 268 g/mol. The summed E-state index contributed by atoms with van der Waals surface area (Å²) in [6.45, 7) is 8.26. The van der Waals surface area contributed by atoms with Gasteiger partial charge in [0, 0.05) is 35.7 Å². The predicted molar refractivity (Wildman–Crippen MR) is 84.2 cm³/mol. The number of anilines is 2. The molecule has 1 aromatic heterocycles. The summed E-state index contributed by atoms with van der Waals surface area (Å²) in [7, 11) is 0. The van der Waals surface area contributed by atoms with E-state index in [-0.39, 0.29) is 5.41 Å². The van der Waals surface area contributed by atoms with E-state index in [1.165, 1.54) is 22.7 Å². The van der Waals surface area contributed by atoms with Gasteiger partial charge in [0.15, 0.2) is 0 Å². The van der Waals surface area contributed by atoms with E-state index in [4.69, 9.17) is 10.7 Å². The van der Waals surface area contributed by atoms with Crippen molar-refractivity contribution in [3.63, 3.8) is 0 Å². The maximum atomic E-state index is 6.04. The van der Waals surface area contributed by atoms with Crippen molar-refractivity contribution in [3.05, 3.63) is 35.2 Å².